The van der Waals surface area contributed by atoms with Crippen molar-refractivity contribution in [3.63, 3.8) is 0 Å². The van der Waals surface area contributed by atoms with Crippen LogP contribution in [0.4, 0.5) is 0 Å². The molecule has 0 saturated heterocycles. The second-order valence-electron chi connectivity index (χ2n) is 7.49. The zero-order valence-corrected chi connectivity index (χ0v) is 13.2. The highest BCUT2D eigenvalue weighted by Crippen LogP contribution is 2.39. The topological polar surface area (TPSA) is 20.3 Å². The highest BCUT2D eigenvalue weighted by atomic mass is 16.1. The smallest absolute Gasteiger partial charge is 0.173 e. The molecule has 0 fully saturated rings. The minimum atomic E-state index is -0.0436. The highest BCUT2D eigenvalue weighted by molar-refractivity contribution is 5.99. The van der Waals surface area contributed by atoms with E-state index in [0.29, 0.717) is 12.3 Å². The lowest BCUT2D eigenvalue weighted by atomic mass is 9.71. The van der Waals surface area contributed by atoms with Crippen LogP contribution in [0, 0.1) is 10.8 Å². The maximum Gasteiger partial charge on any atom is 0.173 e. The monoisotopic (exact) mass is 251 g/mol. The molecule has 0 radical (unpaired) electrons. The molecule has 2 heteroatoms. The number of carbonyl (C=O) groups excluding carboxylic acids is 1. The number of hydrogen-bond donors (Lipinski definition) is 0. The van der Waals surface area contributed by atoms with Crippen LogP contribution in [0.5, 0.6) is 0 Å². The van der Waals surface area contributed by atoms with Crippen LogP contribution in [0.15, 0.2) is 11.1 Å². The Hall–Kier alpha value is -0.630. The van der Waals surface area contributed by atoms with Gasteiger partial charge in [-0.1, -0.05) is 48.5 Å². The van der Waals surface area contributed by atoms with Crippen molar-refractivity contribution in [1.82, 2.24) is 4.90 Å². The van der Waals surface area contributed by atoms with Crippen LogP contribution < -0.4 is 0 Å². The maximum absolute atomic E-state index is 12.5. The summed E-state index contributed by atoms with van der Waals surface area (Å²) in [6.45, 7) is 17.9. The molecule has 0 aromatic carbocycles. The number of ketones is 1. The van der Waals surface area contributed by atoms with E-state index < -0.39 is 0 Å². The van der Waals surface area contributed by atoms with E-state index >= 15 is 0 Å². The molecule has 1 aliphatic heterocycles. The fourth-order valence-corrected chi connectivity index (χ4v) is 2.77. The van der Waals surface area contributed by atoms with Crippen LogP contribution in [-0.4, -0.2) is 30.3 Å². The van der Waals surface area contributed by atoms with Gasteiger partial charge in [-0.05, 0) is 29.4 Å². The van der Waals surface area contributed by atoms with E-state index in [9.17, 15) is 4.79 Å². The summed E-state index contributed by atoms with van der Waals surface area (Å²) in [5.41, 5.74) is 2.44. The molecule has 0 saturated carbocycles. The predicted octanol–water partition coefficient (Wildman–Crippen LogP) is 3.67. The second kappa shape index (κ2) is 5.16. The lowest BCUT2D eigenvalue weighted by molar-refractivity contribution is -0.118. The number of rotatable bonds is 2. The minimum Gasteiger partial charge on any atom is -0.293 e. The maximum atomic E-state index is 12.5. The summed E-state index contributed by atoms with van der Waals surface area (Å²) in [4.78, 5) is 14.8. The van der Waals surface area contributed by atoms with Crippen molar-refractivity contribution in [1.29, 1.82) is 0 Å². The summed E-state index contributed by atoms with van der Waals surface area (Å²) in [5, 5.41) is 0. The number of nitrogens with zero attached hydrogens (tertiary/aromatic N) is 1. The Bertz CT molecular complexity index is 352. The second-order valence-corrected chi connectivity index (χ2v) is 7.49. The average Bonchev–Trinajstić information content (AvgIpc) is 2.13. The molecule has 18 heavy (non-hydrogen) atoms. The van der Waals surface area contributed by atoms with Gasteiger partial charge in [-0.3, -0.25) is 9.69 Å². The van der Waals surface area contributed by atoms with Gasteiger partial charge < -0.3 is 0 Å². The summed E-state index contributed by atoms with van der Waals surface area (Å²) in [6.07, 6.45) is 1.11. The molecule has 0 N–H and O–H groups in total. The Morgan fingerprint density at radius 2 is 1.56 bits per heavy atom. The summed E-state index contributed by atoms with van der Waals surface area (Å²) in [5.74, 6) is 0.326. The van der Waals surface area contributed by atoms with Crippen molar-refractivity contribution in [3.8, 4) is 0 Å². The lowest BCUT2D eigenvalue weighted by Crippen LogP contribution is -2.43. The van der Waals surface area contributed by atoms with Crippen molar-refractivity contribution in [2.45, 2.75) is 54.9 Å². The van der Waals surface area contributed by atoms with Gasteiger partial charge in [0.15, 0.2) is 5.78 Å². The molecule has 0 aromatic rings. The summed E-state index contributed by atoms with van der Waals surface area (Å²) < 4.78 is 0. The molecule has 1 aliphatic rings. The SMILES string of the molecule is CCCN1CC(=O)C(C(C)(C)C)=C(C(C)(C)C)C1. The van der Waals surface area contributed by atoms with E-state index in [1.54, 1.807) is 0 Å². The number of Topliss-reactive ketones (excluding diaryl/α,β-unsaturated/α-hetero) is 1. The molecular weight excluding hydrogens is 222 g/mol. The van der Waals surface area contributed by atoms with E-state index in [1.807, 2.05) is 0 Å². The van der Waals surface area contributed by atoms with Crippen molar-refractivity contribution in [2.75, 3.05) is 19.6 Å². The Morgan fingerprint density at radius 3 is 1.94 bits per heavy atom. The normalized spacial score (nSPS) is 19.6. The quantitative estimate of drug-likeness (QED) is 0.746. The van der Waals surface area contributed by atoms with E-state index in [0.717, 1.165) is 25.1 Å². The minimum absolute atomic E-state index is 0.0436. The first kappa shape index (κ1) is 15.4. The molecule has 0 atom stereocenters. The standard InChI is InChI=1S/C16H29NO/c1-8-9-17-10-12(15(2,3)4)14(13(18)11-17)16(5,6)7/h8-11H2,1-7H3. The van der Waals surface area contributed by atoms with E-state index in [-0.39, 0.29) is 10.8 Å². The molecule has 104 valence electrons. The van der Waals surface area contributed by atoms with Crippen LogP contribution in [0.2, 0.25) is 0 Å². The molecule has 1 heterocycles. The van der Waals surface area contributed by atoms with Crippen molar-refractivity contribution in [2.24, 2.45) is 10.8 Å². The molecule has 2 nitrogen and oxygen atoms in total. The van der Waals surface area contributed by atoms with Crippen molar-refractivity contribution in [3.05, 3.63) is 11.1 Å². The van der Waals surface area contributed by atoms with Gasteiger partial charge in [0.2, 0.25) is 0 Å². The molecule has 0 amide bonds. The van der Waals surface area contributed by atoms with Gasteiger partial charge in [-0.25, -0.2) is 0 Å². The van der Waals surface area contributed by atoms with Crippen molar-refractivity contribution < 1.29 is 4.79 Å². The first-order valence-corrected chi connectivity index (χ1v) is 7.07. The first-order chi connectivity index (χ1) is 8.07. The lowest BCUT2D eigenvalue weighted by Gasteiger charge is -2.40. The van der Waals surface area contributed by atoms with Gasteiger partial charge >= 0.3 is 0 Å². The van der Waals surface area contributed by atoms with E-state index in [1.165, 1.54) is 5.57 Å². The largest absolute Gasteiger partial charge is 0.293 e. The Kier molecular flexibility index (Phi) is 4.42. The molecule has 0 unspecified atom stereocenters. The highest BCUT2D eigenvalue weighted by Gasteiger charge is 2.36. The van der Waals surface area contributed by atoms with Gasteiger partial charge in [0.25, 0.3) is 0 Å². The zero-order chi connectivity index (χ0) is 14.1. The molecule has 0 spiro atoms. The van der Waals surface area contributed by atoms with Crippen LogP contribution in [0.1, 0.15) is 54.9 Å². The molecule has 0 aliphatic carbocycles. The van der Waals surface area contributed by atoms with Gasteiger partial charge in [0.05, 0.1) is 6.54 Å². The first-order valence-electron chi connectivity index (χ1n) is 7.07. The fourth-order valence-electron chi connectivity index (χ4n) is 2.77. The van der Waals surface area contributed by atoms with Crippen molar-refractivity contribution >= 4 is 5.78 Å². The van der Waals surface area contributed by atoms with E-state index in [4.69, 9.17) is 0 Å². The van der Waals surface area contributed by atoms with E-state index in [2.05, 4.69) is 53.4 Å². The number of carbonyl (C=O) groups is 1. The van der Waals surface area contributed by atoms with Crippen LogP contribution in [0.25, 0.3) is 0 Å². The van der Waals surface area contributed by atoms with Gasteiger partial charge in [0.1, 0.15) is 0 Å². The molecule has 0 bridgehead atoms. The Morgan fingerprint density at radius 1 is 1.00 bits per heavy atom. The Balaban J connectivity index is 3.23. The number of hydrogen-bond acceptors (Lipinski definition) is 2. The third-order valence-corrected chi connectivity index (χ3v) is 3.52. The van der Waals surface area contributed by atoms with Gasteiger partial charge in [-0.15, -0.1) is 0 Å². The third kappa shape index (κ3) is 3.44. The van der Waals surface area contributed by atoms with Crippen LogP contribution in [-0.2, 0) is 4.79 Å². The summed E-state index contributed by atoms with van der Waals surface area (Å²) in [6, 6.07) is 0. The Labute approximate surface area is 112 Å². The third-order valence-electron chi connectivity index (χ3n) is 3.52. The summed E-state index contributed by atoms with van der Waals surface area (Å²) >= 11 is 0. The van der Waals surface area contributed by atoms with Crippen LogP contribution in [0.3, 0.4) is 0 Å². The average molecular weight is 251 g/mol. The molecular formula is C16H29NO. The van der Waals surface area contributed by atoms with Crippen LogP contribution >= 0.6 is 0 Å². The zero-order valence-electron chi connectivity index (χ0n) is 13.2. The van der Waals surface area contributed by atoms with Gasteiger partial charge in [-0.2, -0.15) is 0 Å². The summed E-state index contributed by atoms with van der Waals surface area (Å²) in [7, 11) is 0. The fraction of sp³-hybridized carbons (Fsp3) is 0.812. The molecule has 1 rings (SSSR count). The predicted molar refractivity (Wildman–Crippen MR) is 77.7 cm³/mol. The van der Waals surface area contributed by atoms with Gasteiger partial charge in [0, 0.05) is 12.1 Å². The molecule has 0 aromatic heterocycles.